The van der Waals surface area contributed by atoms with E-state index in [2.05, 4.69) is 26.2 Å². The van der Waals surface area contributed by atoms with Crippen LogP contribution in [-0.2, 0) is 10.5 Å². The number of nitrogens with zero attached hydrogens (tertiary/aromatic N) is 4. The third-order valence-electron chi connectivity index (χ3n) is 5.90. The molecule has 0 atom stereocenters. The number of nitrogens with one attached hydrogen (secondary N) is 2. The lowest BCUT2D eigenvalue weighted by Gasteiger charge is -2.12. The molecule has 2 N–H and O–H groups in total. The highest BCUT2D eigenvalue weighted by Crippen LogP contribution is 2.24. The highest BCUT2D eigenvalue weighted by atomic mass is 32.2. The van der Waals surface area contributed by atoms with E-state index in [4.69, 9.17) is 0 Å². The van der Waals surface area contributed by atoms with E-state index >= 15 is 0 Å². The van der Waals surface area contributed by atoms with E-state index in [1.54, 1.807) is 46.8 Å². The molecule has 0 fully saturated rings. The Balaban J connectivity index is 1.27. The monoisotopic (exact) mass is 546 g/mol. The fourth-order valence-electron chi connectivity index (χ4n) is 3.92. The third kappa shape index (κ3) is 6.89. The number of thioether (sulfide) groups is 1. The first kappa shape index (κ1) is 26.6. The minimum absolute atomic E-state index is 0.144. The van der Waals surface area contributed by atoms with Crippen molar-refractivity contribution in [2.45, 2.75) is 17.6 Å². The Morgan fingerprint density at radius 1 is 0.875 bits per heavy atom. The van der Waals surface area contributed by atoms with Gasteiger partial charge >= 0.3 is 0 Å². The summed E-state index contributed by atoms with van der Waals surface area (Å²) in [4.78, 5) is 27.1. The summed E-state index contributed by atoms with van der Waals surface area (Å²) in [6, 6.07) is 33.7. The molecule has 0 aliphatic carbocycles. The first-order valence-electron chi connectivity index (χ1n) is 12.6. The smallest absolute Gasteiger partial charge is 0.272 e. The van der Waals surface area contributed by atoms with Crippen LogP contribution in [0.25, 0.3) is 11.8 Å². The van der Waals surface area contributed by atoms with Gasteiger partial charge in [0.2, 0.25) is 0 Å². The molecule has 0 spiro atoms. The average molecular weight is 547 g/mol. The molecule has 1 aromatic heterocycles. The first-order chi connectivity index (χ1) is 19.5. The molecule has 1 heterocycles. The van der Waals surface area contributed by atoms with Gasteiger partial charge in [0.25, 0.3) is 11.8 Å². The van der Waals surface area contributed by atoms with Gasteiger partial charge in [0.15, 0.2) is 5.82 Å². The van der Waals surface area contributed by atoms with Crippen LogP contribution in [0.3, 0.4) is 0 Å². The number of aryl methyl sites for hydroxylation is 1. The van der Waals surface area contributed by atoms with Gasteiger partial charge in [-0.3, -0.25) is 9.59 Å². The van der Waals surface area contributed by atoms with E-state index < -0.39 is 5.91 Å². The minimum Gasteiger partial charge on any atom is -0.321 e. The molecule has 8 nitrogen and oxygen atoms in total. The van der Waals surface area contributed by atoms with Crippen LogP contribution in [-0.4, -0.2) is 32.0 Å². The number of carbonyl (C=O) groups excluding carboxylic acids is 2. The van der Waals surface area contributed by atoms with Crippen molar-refractivity contribution < 1.29 is 9.59 Å². The van der Waals surface area contributed by atoms with Gasteiger partial charge in [-0.2, -0.15) is 4.68 Å². The van der Waals surface area contributed by atoms with E-state index in [1.165, 1.54) is 0 Å². The number of benzene rings is 4. The summed E-state index contributed by atoms with van der Waals surface area (Å²) < 4.78 is 1.72. The Morgan fingerprint density at radius 3 is 2.33 bits per heavy atom. The van der Waals surface area contributed by atoms with Gasteiger partial charge in [-0.05, 0) is 77.5 Å². The van der Waals surface area contributed by atoms with Gasteiger partial charge in [0, 0.05) is 16.1 Å². The lowest BCUT2D eigenvalue weighted by molar-refractivity contribution is -0.113. The van der Waals surface area contributed by atoms with Crippen molar-refractivity contribution in [1.29, 1.82) is 0 Å². The Kier molecular flexibility index (Phi) is 8.43. The van der Waals surface area contributed by atoms with Crippen molar-refractivity contribution in [2.75, 3.05) is 5.32 Å². The Bertz CT molecular complexity index is 1630. The van der Waals surface area contributed by atoms with Crippen LogP contribution >= 0.6 is 11.8 Å². The molecule has 0 bridgehead atoms. The molecular formula is C31H26N6O2S. The molecule has 5 rings (SSSR count). The molecule has 0 radical (unpaired) electrons. The fourth-order valence-corrected chi connectivity index (χ4v) is 4.72. The Hall–Kier alpha value is -5.02. The highest BCUT2D eigenvalue weighted by Gasteiger charge is 2.15. The van der Waals surface area contributed by atoms with Gasteiger partial charge in [-0.1, -0.05) is 66.2 Å². The van der Waals surface area contributed by atoms with Gasteiger partial charge in [0.1, 0.15) is 5.70 Å². The van der Waals surface area contributed by atoms with E-state index in [0.29, 0.717) is 17.0 Å². The summed E-state index contributed by atoms with van der Waals surface area (Å²) in [5, 5.41) is 17.7. The zero-order valence-electron chi connectivity index (χ0n) is 21.7. The topological polar surface area (TPSA) is 102 Å². The average Bonchev–Trinajstić information content (AvgIpc) is 3.46. The summed E-state index contributed by atoms with van der Waals surface area (Å²) in [5.74, 6) is 0.517. The third-order valence-corrected chi connectivity index (χ3v) is 6.90. The van der Waals surface area contributed by atoms with Crippen molar-refractivity contribution >= 4 is 35.3 Å². The maximum absolute atomic E-state index is 13.3. The summed E-state index contributed by atoms with van der Waals surface area (Å²) in [6.07, 6.45) is 1.67. The zero-order chi connectivity index (χ0) is 27.7. The van der Waals surface area contributed by atoms with Crippen molar-refractivity contribution in [3.05, 3.63) is 137 Å². The molecule has 9 heteroatoms. The SMILES string of the molecule is Cc1cccc(/C=C(\NC(=O)c2ccccc2)C(=O)Nc2ccc(SCc3nnnn3-c3ccccc3)cc2)c1. The lowest BCUT2D eigenvalue weighted by Crippen LogP contribution is -2.30. The van der Waals surface area contributed by atoms with Gasteiger partial charge in [-0.25, -0.2) is 0 Å². The molecule has 4 aromatic carbocycles. The molecule has 40 heavy (non-hydrogen) atoms. The van der Waals surface area contributed by atoms with Crippen LogP contribution in [0.4, 0.5) is 5.69 Å². The Labute approximate surface area is 236 Å². The standard InChI is InChI=1S/C31H26N6O2S/c1-22-9-8-10-23(19-22)20-28(33-30(38)24-11-4-2-5-12-24)31(39)32-25-15-17-27(18-16-25)40-21-29-34-35-36-37(29)26-13-6-3-7-14-26/h2-20H,21H2,1H3,(H,32,39)(H,33,38)/b28-20-. The van der Waals surface area contributed by atoms with Crippen LogP contribution in [0.1, 0.15) is 27.3 Å². The predicted molar refractivity (Wildman–Crippen MR) is 157 cm³/mol. The second-order valence-electron chi connectivity index (χ2n) is 8.90. The quantitative estimate of drug-likeness (QED) is 0.182. The van der Waals surface area contributed by atoms with E-state index in [9.17, 15) is 9.59 Å². The van der Waals surface area contributed by atoms with Crippen LogP contribution in [0.5, 0.6) is 0 Å². The molecule has 5 aromatic rings. The maximum atomic E-state index is 13.3. The number of amides is 2. The minimum atomic E-state index is -0.423. The van der Waals surface area contributed by atoms with Crippen LogP contribution in [0.2, 0.25) is 0 Å². The number of carbonyl (C=O) groups is 2. The second-order valence-corrected chi connectivity index (χ2v) is 9.95. The van der Waals surface area contributed by atoms with Gasteiger partial charge in [0.05, 0.1) is 11.4 Å². The Morgan fingerprint density at radius 2 is 1.60 bits per heavy atom. The lowest BCUT2D eigenvalue weighted by atomic mass is 10.1. The molecular weight excluding hydrogens is 520 g/mol. The van der Waals surface area contributed by atoms with Crippen LogP contribution in [0, 0.1) is 6.92 Å². The number of aromatic nitrogens is 4. The van der Waals surface area contributed by atoms with Gasteiger partial charge in [-0.15, -0.1) is 16.9 Å². The number of hydrogen-bond acceptors (Lipinski definition) is 6. The van der Waals surface area contributed by atoms with Crippen molar-refractivity contribution in [3.8, 4) is 5.69 Å². The predicted octanol–water partition coefficient (Wildman–Crippen LogP) is 5.67. The summed E-state index contributed by atoms with van der Waals surface area (Å²) in [5.41, 5.74) is 3.97. The second kappa shape index (κ2) is 12.7. The molecule has 0 unspecified atom stereocenters. The van der Waals surface area contributed by atoms with E-state index in [1.807, 2.05) is 91.9 Å². The number of anilines is 1. The van der Waals surface area contributed by atoms with Crippen molar-refractivity contribution in [3.63, 3.8) is 0 Å². The van der Waals surface area contributed by atoms with E-state index in [0.717, 1.165) is 27.5 Å². The molecule has 0 aliphatic heterocycles. The number of para-hydroxylation sites is 1. The van der Waals surface area contributed by atoms with Crippen LogP contribution in [0.15, 0.2) is 120 Å². The largest absolute Gasteiger partial charge is 0.321 e. The molecule has 0 saturated carbocycles. The van der Waals surface area contributed by atoms with E-state index in [-0.39, 0.29) is 11.6 Å². The number of rotatable bonds is 9. The summed E-state index contributed by atoms with van der Waals surface area (Å²) in [6.45, 7) is 1.97. The molecule has 198 valence electrons. The normalized spacial score (nSPS) is 11.2. The molecule has 0 aliphatic rings. The molecule has 2 amide bonds. The van der Waals surface area contributed by atoms with Crippen LogP contribution < -0.4 is 10.6 Å². The highest BCUT2D eigenvalue weighted by molar-refractivity contribution is 7.98. The fraction of sp³-hybridized carbons (Fsp3) is 0.0645. The number of tetrazole rings is 1. The first-order valence-corrected chi connectivity index (χ1v) is 13.6. The molecule has 0 saturated heterocycles. The van der Waals surface area contributed by atoms with Gasteiger partial charge < -0.3 is 10.6 Å². The van der Waals surface area contributed by atoms with Crippen molar-refractivity contribution in [2.24, 2.45) is 0 Å². The summed E-state index contributed by atoms with van der Waals surface area (Å²) in [7, 11) is 0. The van der Waals surface area contributed by atoms with Crippen molar-refractivity contribution in [1.82, 2.24) is 25.5 Å². The maximum Gasteiger partial charge on any atom is 0.272 e. The zero-order valence-corrected chi connectivity index (χ0v) is 22.5. The summed E-state index contributed by atoms with van der Waals surface area (Å²) >= 11 is 1.59. The number of hydrogen-bond donors (Lipinski definition) is 2.